The SMILES string of the molecule is CCCCC(CC)CNC1=NCCS1. The standard InChI is InChI=1S/C11H22N2S/c1-3-5-6-10(4-2)9-13-11-12-7-8-14-11/h10H,3-9H2,1-2H3,(H,12,13). The summed E-state index contributed by atoms with van der Waals surface area (Å²) in [6, 6.07) is 0. The first kappa shape index (κ1) is 11.9. The first-order valence-corrected chi connectivity index (χ1v) is 6.76. The van der Waals surface area contributed by atoms with Gasteiger partial charge < -0.3 is 5.32 Å². The van der Waals surface area contributed by atoms with E-state index in [4.69, 9.17) is 0 Å². The summed E-state index contributed by atoms with van der Waals surface area (Å²) in [5, 5.41) is 4.62. The molecule has 1 aliphatic rings. The van der Waals surface area contributed by atoms with E-state index >= 15 is 0 Å². The molecule has 0 spiro atoms. The van der Waals surface area contributed by atoms with Crippen LogP contribution in [0.25, 0.3) is 0 Å². The minimum Gasteiger partial charge on any atom is -0.365 e. The monoisotopic (exact) mass is 214 g/mol. The van der Waals surface area contributed by atoms with Crippen molar-refractivity contribution in [3.63, 3.8) is 0 Å². The zero-order valence-electron chi connectivity index (χ0n) is 9.38. The second-order valence-electron chi connectivity index (χ2n) is 3.83. The molecule has 0 fully saturated rings. The summed E-state index contributed by atoms with van der Waals surface area (Å²) >= 11 is 1.86. The Kier molecular flexibility index (Phi) is 6.08. The Morgan fingerprint density at radius 3 is 2.93 bits per heavy atom. The van der Waals surface area contributed by atoms with Crippen molar-refractivity contribution >= 4 is 16.9 Å². The molecule has 82 valence electrons. The molecule has 1 aliphatic heterocycles. The summed E-state index contributed by atoms with van der Waals surface area (Å²) in [4.78, 5) is 4.39. The topological polar surface area (TPSA) is 24.4 Å². The van der Waals surface area contributed by atoms with Crippen molar-refractivity contribution in [3.8, 4) is 0 Å². The number of unbranched alkanes of at least 4 members (excludes halogenated alkanes) is 1. The number of aliphatic imine (C=N–C) groups is 1. The van der Waals surface area contributed by atoms with Crippen LogP contribution in [0.15, 0.2) is 4.99 Å². The lowest BCUT2D eigenvalue weighted by Gasteiger charge is -2.15. The van der Waals surface area contributed by atoms with Gasteiger partial charge in [-0.05, 0) is 12.3 Å². The van der Waals surface area contributed by atoms with Gasteiger partial charge in [0.05, 0.1) is 6.54 Å². The summed E-state index contributed by atoms with van der Waals surface area (Å²) in [5.41, 5.74) is 0. The van der Waals surface area contributed by atoms with Gasteiger partial charge in [-0.2, -0.15) is 0 Å². The van der Waals surface area contributed by atoms with Crippen molar-refractivity contribution in [2.24, 2.45) is 10.9 Å². The van der Waals surface area contributed by atoms with Crippen LogP contribution >= 0.6 is 11.8 Å². The molecule has 0 aliphatic carbocycles. The average Bonchev–Trinajstić information content (AvgIpc) is 2.71. The number of nitrogens with one attached hydrogen (secondary N) is 1. The third kappa shape index (κ3) is 4.36. The fourth-order valence-corrected chi connectivity index (χ4v) is 2.36. The quantitative estimate of drug-likeness (QED) is 0.735. The van der Waals surface area contributed by atoms with Gasteiger partial charge >= 0.3 is 0 Å². The largest absolute Gasteiger partial charge is 0.365 e. The van der Waals surface area contributed by atoms with Crippen molar-refractivity contribution < 1.29 is 0 Å². The second kappa shape index (κ2) is 7.16. The lowest BCUT2D eigenvalue weighted by Crippen LogP contribution is -2.26. The molecule has 0 radical (unpaired) electrons. The molecule has 0 saturated heterocycles. The Hall–Kier alpha value is -0.180. The van der Waals surface area contributed by atoms with Gasteiger partial charge in [0.1, 0.15) is 0 Å². The number of hydrogen-bond acceptors (Lipinski definition) is 3. The van der Waals surface area contributed by atoms with E-state index < -0.39 is 0 Å². The molecule has 0 saturated carbocycles. The van der Waals surface area contributed by atoms with E-state index in [-0.39, 0.29) is 0 Å². The maximum atomic E-state index is 4.39. The lowest BCUT2D eigenvalue weighted by atomic mass is 10.00. The van der Waals surface area contributed by atoms with Crippen molar-refractivity contribution in [1.82, 2.24) is 5.32 Å². The zero-order chi connectivity index (χ0) is 10.2. The predicted octanol–water partition coefficient (Wildman–Crippen LogP) is 2.90. The Labute approximate surface area is 92.0 Å². The number of thioether (sulfide) groups is 1. The van der Waals surface area contributed by atoms with Crippen LogP contribution in [0.5, 0.6) is 0 Å². The van der Waals surface area contributed by atoms with Gasteiger partial charge in [-0.1, -0.05) is 44.9 Å². The third-order valence-electron chi connectivity index (χ3n) is 2.67. The highest BCUT2D eigenvalue weighted by molar-refractivity contribution is 8.14. The molecule has 3 heteroatoms. The molecule has 1 N–H and O–H groups in total. The molecule has 0 aromatic heterocycles. The number of nitrogens with zero attached hydrogens (tertiary/aromatic N) is 1. The van der Waals surface area contributed by atoms with Crippen molar-refractivity contribution in [1.29, 1.82) is 0 Å². The molecule has 2 nitrogen and oxygen atoms in total. The van der Waals surface area contributed by atoms with Crippen molar-refractivity contribution in [2.75, 3.05) is 18.8 Å². The van der Waals surface area contributed by atoms with Gasteiger partial charge in [0, 0.05) is 12.3 Å². The van der Waals surface area contributed by atoms with Crippen LogP contribution in [0.2, 0.25) is 0 Å². The first-order valence-electron chi connectivity index (χ1n) is 5.78. The molecular weight excluding hydrogens is 192 g/mol. The van der Waals surface area contributed by atoms with Crippen LogP contribution in [0.1, 0.15) is 39.5 Å². The van der Waals surface area contributed by atoms with Gasteiger partial charge in [0.15, 0.2) is 5.17 Å². The highest BCUT2D eigenvalue weighted by Gasteiger charge is 2.09. The Bertz CT molecular complexity index is 180. The summed E-state index contributed by atoms with van der Waals surface area (Å²) < 4.78 is 0. The minimum absolute atomic E-state index is 0.832. The van der Waals surface area contributed by atoms with Gasteiger partial charge in [-0.3, -0.25) is 4.99 Å². The Morgan fingerprint density at radius 1 is 1.50 bits per heavy atom. The molecule has 0 aromatic carbocycles. The molecule has 1 atom stereocenters. The summed E-state index contributed by atoms with van der Waals surface area (Å²) in [6.45, 7) is 6.66. The van der Waals surface area contributed by atoms with E-state index in [2.05, 4.69) is 24.2 Å². The summed E-state index contributed by atoms with van der Waals surface area (Å²) in [6.07, 6.45) is 5.31. The van der Waals surface area contributed by atoms with E-state index in [0.717, 1.165) is 24.8 Å². The van der Waals surface area contributed by atoms with E-state index in [1.807, 2.05) is 11.8 Å². The van der Waals surface area contributed by atoms with Gasteiger partial charge in [-0.15, -0.1) is 0 Å². The maximum absolute atomic E-state index is 4.39. The average molecular weight is 214 g/mol. The number of amidine groups is 1. The van der Waals surface area contributed by atoms with Crippen LogP contribution in [-0.2, 0) is 0 Å². The normalized spacial score (nSPS) is 18.0. The van der Waals surface area contributed by atoms with Crippen LogP contribution in [0.4, 0.5) is 0 Å². The van der Waals surface area contributed by atoms with Crippen molar-refractivity contribution in [3.05, 3.63) is 0 Å². The summed E-state index contributed by atoms with van der Waals surface area (Å²) in [5.74, 6) is 1.99. The Morgan fingerprint density at radius 2 is 2.36 bits per heavy atom. The minimum atomic E-state index is 0.832. The highest BCUT2D eigenvalue weighted by Crippen LogP contribution is 2.13. The van der Waals surface area contributed by atoms with E-state index in [1.165, 1.54) is 30.9 Å². The highest BCUT2D eigenvalue weighted by atomic mass is 32.2. The van der Waals surface area contributed by atoms with Crippen LogP contribution in [-0.4, -0.2) is 24.0 Å². The zero-order valence-corrected chi connectivity index (χ0v) is 10.2. The van der Waals surface area contributed by atoms with Crippen LogP contribution in [0, 0.1) is 5.92 Å². The van der Waals surface area contributed by atoms with Gasteiger partial charge in [0.2, 0.25) is 0 Å². The predicted molar refractivity (Wildman–Crippen MR) is 66.1 cm³/mol. The lowest BCUT2D eigenvalue weighted by molar-refractivity contribution is 0.447. The molecule has 1 rings (SSSR count). The fraction of sp³-hybridized carbons (Fsp3) is 0.909. The molecule has 1 unspecified atom stereocenters. The smallest absolute Gasteiger partial charge is 0.156 e. The maximum Gasteiger partial charge on any atom is 0.156 e. The molecule has 0 aromatic rings. The van der Waals surface area contributed by atoms with E-state index in [0.29, 0.717) is 0 Å². The number of rotatable bonds is 6. The van der Waals surface area contributed by atoms with E-state index in [1.54, 1.807) is 0 Å². The fourth-order valence-electron chi connectivity index (χ4n) is 1.62. The van der Waals surface area contributed by atoms with Crippen LogP contribution in [0.3, 0.4) is 0 Å². The van der Waals surface area contributed by atoms with Gasteiger partial charge in [-0.25, -0.2) is 0 Å². The molecular formula is C11H22N2S. The molecule has 1 heterocycles. The van der Waals surface area contributed by atoms with Crippen molar-refractivity contribution in [2.45, 2.75) is 39.5 Å². The van der Waals surface area contributed by atoms with Crippen LogP contribution < -0.4 is 5.32 Å². The Balaban J connectivity index is 2.12. The second-order valence-corrected chi connectivity index (χ2v) is 4.92. The third-order valence-corrected chi connectivity index (χ3v) is 3.60. The summed E-state index contributed by atoms with van der Waals surface area (Å²) in [7, 11) is 0. The molecule has 0 bridgehead atoms. The molecule has 14 heavy (non-hydrogen) atoms. The first-order chi connectivity index (χ1) is 6.86. The molecule has 0 amide bonds. The van der Waals surface area contributed by atoms with E-state index in [9.17, 15) is 0 Å². The number of hydrogen-bond donors (Lipinski definition) is 1. The van der Waals surface area contributed by atoms with Gasteiger partial charge in [0.25, 0.3) is 0 Å².